The van der Waals surface area contributed by atoms with E-state index in [-0.39, 0.29) is 10.3 Å². The van der Waals surface area contributed by atoms with Gasteiger partial charge in [0, 0.05) is 4.11 Å². The van der Waals surface area contributed by atoms with Gasteiger partial charge in [-0.1, -0.05) is 12.1 Å². The second-order valence-electron chi connectivity index (χ2n) is 2.35. The molecule has 1 aromatic carbocycles. The number of nitrogens with zero attached hydrogens (tertiary/aromatic N) is 2. The van der Waals surface area contributed by atoms with Crippen LogP contribution < -0.4 is 0 Å². The van der Waals surface area contributed by atoms with Crippen LogP contribution in [-0.2, 0) is 0 Å². The summed E-state index contributed by atoms with van der Waals surface area (Å²) in [6.07, 6.45) is 0. The maximum absolute atomic E-state index is 7.29. The molecule has 0 unspecified atom stereocenters. The summed E-state index contributed by atoms with van der Waals surface area (Å²) in [5.41, 5.74) is 1.27. The Morgan fingerprint density at radius 3 is 2.58 bits per heavy atom. The molecule has 0 aliphatic rings. The Bertz CT molecular complexity index is 510. The zero-order valence-electron chi connectivity index (χ0n) is 9.08. The summed E-state index contributed by atoms with van der Waals surface area (Å²) in [7, 11) is 0. The van der Waals surface area contributed by atoms with E-state index in [1.807, 2.05) is 6.07 Å². The molecule has 2 aromatic rings. The first-order valence-corrected chi connectivity index (χ1v) is 4.20. The number of hydrogen-bond donors (Lipinski definition) is 0. The van der Waals surface area contributed by atoms with E-state index < -0.39 is 6.85 Å². The van der Waals surface area contributed by atoms with Crippen LogP contribution in [0.4, 0.5) is 0 Å². The highest BCUT2D eigenvalue weighted by atomic mass is 79.9. The predicted octanol–water partition coefficient (Wildman–Crippen LogP) is 2.70. The third kappa shape index (κ3) is 1.20. The van der Waals surface area contributed by atoms with E-state index in [9.17, 15) is 0 Å². The SMILES string of the molecule is [2H]C([2H])([2H])c1nc2ccccc2nc1Br. The Hall–Kier alpha value is -0.960. The maximum Gasteiger partial charge on any atom is 0.128 e. The number of para-hydroxylation sites is 2. The predicted molar refractivity (Wildman–Crippen MR) is 52.0 cm³/mol. The molecule has 12 heavy (non-hydrogen) atoms. The van der Waals surface area contributed by atoms with Crippen LogP contribution >= 0.6 is 15.9 Å². The van der Waals surface area contributed by atoms with E-state index in [4.69, 9.17) is 4.11 Å². The van der Waals surface area contributed by atoms with Gasteiger partial charge in [-0.3, -0.25) is 0 Å². The van der Waals surface area contributed by atoms with E-state index >= 15 is 0 Å². The summed E-state index contributed by atoms with van der Waals surface area (Å²) in [5.74, 6) is 0. The largest absolute Gasteiger partial charge is 0.249 e. The fourth-order valence-electron chi connectivity index (χ4n) is 0.979. The van der Waals surface area contributed by atoms with E-state index in [1.165, 1.54) is 0 Å². The van der Waals surface area contributed by atoms with Crippen molar-refractivity contribution in [2.75, 3.05) is 0 Å². The summed E-state index contributed by atoms with van der Waals surface area (Å²) in [5, 5.41) is 0. The van der Waals surface area contributed by atoms with E-state index in [0.29, 0.717) is 11.0 Å². The first-order chi connectivity index (χ1) is 6.98. The molecule has 0 fully saturated rings. The van der Waals surface area contributed by atoms with Gasteiger partial charge in [-0.15, -0.1) is 0 Å². The molecule has 0 spiro atoms. The van der Waals surface area contributed by atoms with Crippen molar-refractivity contribution in [2.45, 2.75) is 6.85 Å². The number of halogens is 1. The summed E-state index contributed by atoms with van der Waals surface area (Å²) >= 11 is 3.12. The second-order valence-corrected chi connectivity index (χ2v) is 3.10. The molecule has 60 valence electrons. The number of rotatable bonds is 0. The minimum absolute atomic E-state index is 0.00111. The molecule has 0 saturated carbocycles. The highest BCUT2D eigenvalue weighted by Crippen LogP contribution is 2.15. The number of aromatic nitrogens is 2. The molecule has 0 radical (unpaired) electrons. The van der Waals surface area contributed by atoms with Crippen molar-refractivity contribution in [2.24, 2.45) is 0 Å². The second kappa shape index (κ2) is 2.83. The molecule has 0 N–H and O–H groups in total. The van der Waals surface area contributed by atoms with Crippen LogP contribution in [0.2, 0.25) is 0 Å². The van der Waals surface area contributed by atoms with Gasteiger partial charge in [-0.2, -0.15) is 0 Å². The Balaban J connectivity index is 2.73. The first kappa shape index (κ1) is 4.92. The van der Waals surface area contributed by atoms with E-state index in [1.54, 1.807) is 18.2 Å². The Labute approximate surface area is 83.0 Å². The summed E-state index contributed by atoms with van der Waals surface area (Å²) < 4.78 is 22.1. The molecule has 3 heteroatoms. The van der Waals surface area contributed by atoms with Crippen LogP contribution in [-0.4, -0.2) is 9.97 Å². The first-order valence-electron chi connectivity index (χ1n) is 4.91. The van der Waals surface area contributed by atoms with Crippen LogP contribution in [0.25, 0.3) is 11.0 Å². The summed E-state index contributed by atoms with van der Waals surface area (Å²) in [6, 6.07) is 7.16. The zero-order chi connectivity index (χ0) is 11.1. The molecule has 2 nitrogen and oxygen atoms in total. The Morgan fingerprint density at radius 2 is 1.92 bits per heavy atom. The monoisotopic (exact) mass is 225 g/mol. The molecule has 0 aliphatic carbocycles. The molecule has 1 heterocycles. The van der Waals surface area contributed by atoms with Crippen LogP contribution in [0.5, 0.6) is 0 Å². The number of fused-ring (bicyclic) bond motifs is 1. The van der Waals surface area contributed by atoms with Crippen molar-refractivity contribution >= 4 is 27.0 Å². The number of aryl methyl sites for hydroxylation is 1. The lowest BCUT2D eigenvalue weighted by Gasteiger charge is -1.99. The minimum Gasteiger partial charge on any atom is -0.249 e. The number of benzene rings is 1. The highest BCUT2D eigenvalue weighted by Gasteiger charge is 1.99. The van der Waals surface area contributed by atoms with Crippen LogP contribution in [0.1, 0.15) is 9.81 Å². The lowest BCUT2D eigenvalue weighted by Crippen LogP contribution is -1.89. The minimum atomic E-state index is -2.24. The zero-order valence-corrected chi connectivity index (χ0v) is 7.67. The third-order valence-corrected chi connectivity index (χ3v) is 2.08. The molecule has 0 bridgehead atoms. The third-order valence-electron chi connectivity index (χ3n) is 1.53. The van der Waals surface area contributed by atoms with Gasteiger partial charge >= 0.3 is 0 Å². The van der Waals surface area contributed by atoms with E-state index in [2.05, 4.69) is 25.9 Å². The Morgan fingerprint density at radius 1 is 1.25 bits per heavy atom. The van der Waals surface area contributed by atoms with Crippen LogP contribution in [0, 0.1) is 6.85 Å². The molecular formula is C9H7BrN2. The molecule has 1 aromatic heterocycles. The maximum atomic E-state index is 7.29. The van der Waals surface area contributed by atoms with Gasteiger partial charge in [-0.25, -0.2) is 9.97 Å². The van der Waals surface area contributed by atoms with Crippen molar-refractivity contribution in [3.05, 3.63) is 34.6 Å². The van der Waals surface area contributed by atoms with Crippen molar-refractivity contribution in [3.63, 3.8) is 0 Å². The lowest BCUT2D eigenvalue weighted by atomic mass is 10.3. The smallest absolute Gasteiger partial charge is 0.128 e. The lowest BCUT2D eigenvalue weighted by molar-refractivity contribution is 1.15. The average Bonchev–Trinajstić information content (AvgIpc) is 2.15. The molecule has 0 atom stereocenters. The van der Waals surface area contributed by atoms with Gasteiger partial charge in [0.2, 0.25) is 0 Å². The summed E-state index contributed by atoms with van der Waals surface area (Å²) in [6.45, 7) is -2.24. The van der Waals surface area contributed by atoms with Crippen molar-refractivity contribution in [1.29, 1.82) is 0 Å². The fraction of sp³-hybridized carbons (Fsp3) is 0.111. The van der Waals surface area contributed by atoms with Crippen molar-refractivity contribution in [1.82, 2.24) is 9.97 Å². The van der Waals surface area contributed by atoms with E-state index in [0.717, 1.165) is 0 Å². The molecule has 0 saturated heterocycles. The normalized spacial score (nSPS) is 15.2. The van der Waals surface area contributed by atoms with Crippen molar-refractivity contribution < 1.29 is 4.11 Å². The number of hydrogen-bond acceptors (Lipinski definition) is 2. The quantitative estimate of drug-likeness (QED) is 0.690. The van der Waals surface area contributed by atoms with Gasteiger partial charge in [0.15, 0.2) is 0 Å². The molecular weight excluding hydrogens is 216 g/mol. The van der Waals surface area contributed by atoms with Crippen LogP contribution in [0.3, 0.4) is 0 Å². The van der Waals surface area contributed by atoms with Gasteiger partial charge in [0.05, 0.1) is 16.7 Å². The summed E-state index contributed by atoms with van der Waals surface area (Å²) in [4.78, 5) is 8.21. The standard InChI is InChI=1S/C9H7BrN2/c1-6-9(10)12-8-5-3-2-4-7(8)11-6/h2-5H,1H3/i1D3. The topological polar surface area (TPSA) is 25.8 Å². The van der Waals surface area contributed by atoms with Gasteiger partial charge in [-0.05, 0) is 34.9 Å². The van der Waals surface area contributed by atoms with Gasteiger partial charge in [0.25, 0.3) is 0 Å². The molecule has 2 rings (SSSR count). The molecule has 0 amide bonds. The fourth-order valence-corrected chi connectivity index (χ4v) is 1.26. The van der Waals surface area contributed by atoms with Gasteiger partial charge < -0.3 is 0 Å². The van der Waals surface area contributed by atoms with Gasteiger partial charge in [0.1, 0.15) is 4.60 Å². The molecule has 0 aliphatic heterocycles. The highest BCUT2D eigenvalue weighted by molar-refractivity contribution is 9.10. The average molecular weight is 226 g/mol. The Kier molecular flexibility index (Phi) is 1.16. The van der Waals surface area contributed by atoms with Crippen molar-refractivity contribution in [3.8, 4) is 0 Å². The van der Waals surface area contributed by atoms with Crippen LogP contribution in [0.15, 0.2) is 28.9 Å².